The Labute approximate surface area is 178 Å². The zero-order chi connectivity index (χ0) is 21.5. The van der Waals surface area contributed by atoms with Crippen molar-refractivity contribution < 1.29 is 9.59 Å². The number of ketones is 1. The molecule has 158 valence electrons. The minimum Gasteiger partial charge on any atom is -0.384 e. The number of amidine groups is 1. The number of carbonyl (C=O) groups excluding carboxylic acids is 2. The fourth-order valence-electron chi connectivity index (χ4n) is 4.19. The maximum Gasteiger partial charge on any atom is 0.223 e. The summed E-state index contributed by atoms with van der Waals surface area (Å²) < 4.78 is 0. The second-order valence-electron chi connectivity index (χ2n) is 8.37. The Bertz CT molecular complexity index is 877. The van der Waals surface area contributed by atoms with Gasteiger partial charge in [-0.2, -0.15) is 0 Å². The van der Waals surface area contributed by atoms with Gasteiger partial charge in [-0.15, -0.1) is 0 Å². The van der Waals surface area contributed by atoms with Crippen molar-refractivity contribution in [3.05, 3.63) is 71.3 Å². The van der Waals surface area contributed by atoms with Crippen LogP contribution in [-0.2, 0) is 22.4 Å². The number of amides is 1. The molecule has 0 saturated heterocycles. The van der Waals surface area contributed by atoms with Gasteiger partial charge < -0.3 is 11.1 Å². The van der Waals surface area contributed by atoms with Crippen molar-refractivity contribution in [3.8, 4) is 0 Å². The Hall–Kier alpha value is -2.95. The molecular weight excluding hydrogens is 374 g/mol. The molecule has 2 aromatic rings. The molecule has 30 heavy (non-hydrogen) atoms. The van der Waals surface area contributed by atoms with Crippen LogP contribution in [0, 0.1) is 17.2 Å². The summed E-state index contributed by atoms with van der Waals surface area (Å²) in [5.74, 6) is 0.627. The maximum absolute atomic E-state index is 12.6. The molecule has 1 aliphatic rings. The Morgan fingerprint density at radius 3 is 2.43 bits per heavy atom. The van der Waals surface area contributed by atoms with Gasteiger partial charge in [-0.1, -0.05) is 54.6 Å². The highest BCUT2D eigenvalue weighted by molar-refractivity contribution is 5.95. The van der Waals surface area contributed by atoms with Gasteiger partial charge in [0.05, 0.1) is 6.04 Å². The van der Waals surface area contributed by atoms with E-state index in [1.807, 2.05) is 18.2 Å². The molecule has 0 radical (unpaired) electrons. The average Bonchev–Trinajstić information content (AvgIpc) is 3.21. The number of nitrogens with two attached hydrogens (primary N) is 1. The smallest absolute Gasteiger partial charge is 0.223 e. The second-order valence-corrected chi connectivity index (χ2v) is 8.37. The van der Waals surface area contributed by atoms with Gasteiger partial charge in [0.25, 0.3) is 0 Å². The molecule has 0 bridgehead atoms. The molecule has 0 heterocycles. The van der Waals surface area contributed by atoms with Gasteiger partial charge in [-0.3, -0.25) is 15.0 Å². The lowest BCUT2D eigenvalue weighted by molar-refractivity contribution is -0.129. The fraction of sp³-hybridized carbons (Fsp3) is 0.400. The summed E-state index contributed by atoms with van der Waals surface area (Å²) in [5, 5.41) is 10.4. The van der Waals surface area contributed by atoms with Gasteiger partial charge in [0.2, 0.25) is 5.91 Å². The molecule has 3 rings (SSSR count). The van der Waals surface area contributed by atoms with E-state index < -0.39 is 6.04 Å². The summed E-state index contributed by atoms with van der Waals surface area (Å²) in [4.78, 5) is 25.1. The quantitative estimate of drug-likeness (QED) is 0.439. The number of hydrogen-bond donors (Lipinski definition) is 3. The summed E-state index contributed by atoms with van der Waals surface area (Å²) in [6.07, 6.45) is 4.85. The molecule has 5 nitrogen and oxygen atoms in total. The summed E-state index contributed by atoms with van der Waals surface area (Å²) in [6, 6.07) is 17.3. The second kappa shape index (κ2) is 10.2. The van der Waals surface area contributed by atoms with Gasteiger partial charge in [0.15, 0.2) is 5.78 Å². The lowest BCUT2D eigenvalue weighted by Gasteiger charge is -2.17. The molecule has 0 spiro atoms. The van der Waals surface area contributed by atoms with E-state index in [9.17, 15) is 9.59 Å². The van der Waals surface area contributed by atoms with E-state index >= 15 is 0 Å². The van der Waals surface area contributed by atoms with E-state index in [-0.39, 0.29) is 23.4 Å². The Kier molecular flexibility index (Phi) is 7.39. The van der Waals surface area contributed by atoms with Crippen LogP contribution in [0.5, 0.6) is 0 Å². The van der Waals surface area contributed by atoms with E-state index in [0.29, 0.717) is 24.3 Å². The van der Waals surface area contributed by atoms with Gasteiger partial charge in [0.1, 0.15) is 5.84 Å². The first kappa shape index (κ1) is 21.8. The SMILES string of the molecule is C[C@H](NC(=O)[C@H]1CC[C@H](Cc2ccccc2)C1)C(=O)CCc1ccc(C(=N)N)cc1. The number of hydrogen-bond acceptors (Lipinski definition) is 3. The van der Waals surface area contributed by atoms with Crippen LogP contribution in [0.25, 0.3) is 0 Å². The van der Waals surface area contributed by atoms with Crippen molar-refractivity contribution in [2.24, 2.45) is 17.6 Å². The molecule has 1 saturated carbocycles. The minimum atomic E-state index is -0.470. The van der Waals surface area contributed by atoms with Crippen molar-refractivity contribution >= 4 is 17.5 Å². The number of aryl methyl sites for hydroxylation is 1. The predicted molar refractivity (Wildman–Crippen MR) is 119 cm³/mol. The topological polar surface area (TPSA) is 96.0 Å². The maximum atomic E-state index is 12.6. The van der Waals surface area contributed by atoms with Crippen LogP contribution in [0.2, 0.25) is 0 Å². The molecule has 0 aromatic heterocycles. The van der Waals surface area contributed by atoms with Crippen molar-refractivity contribution in [3.63, 3.8) is 0 Å². The largest absolute Gasteiger partial charge is 0.384 e. The molecular formula is C25H31N3O2. The van der Waals surface area contributed by atoms with Gasteiger partial charge in [-0.05, 0) is 56.1 Å². The summed E-state index contributed by atoms with van der Waals surface area (Å²) in [6.45, 7) is 1.77. The first-order valence-electron chi connectivity index (χ1n) is 10.7. The third-order valence-corrected chi connectivity index (χ3v) is 6.05. The highest BCUT2D eigenvalue weighted by atomic mass is 16.2. The number of Topliss-reactive ketones (excluding diaryl/α,β-unsaturated/α-hetero) is 1. The van der Waals surface area contributed by atoms with E-state index in [1.165, 1.54) is 5.56 Å². The van der Waals surface area contributed by atoms with E-state index in [2.05, 4.69) is 29.6 Å². The summed E-state index contributed by atoms with van der Waals surface area (Å²) in [5.41, 5.74) is 8.48. The van der Waals surface area contributed by atoms with Crippen LogP contribution in [0.15, 0.2) is 54.6 Å². The number of benzene rings is 2. The first-order valence-corrected chi connectivity index (χ1v) is 10.7. The molecule has 2 aromatic carbocycles. The number of nitrogen functional groups attached to an aromatic ring is 1. The third-order valence-electron chi connectivity index (χ3n) is 6.05. The van der Waals surface area contributed by atoms with E-state index in [4.69, 9.17) is 11.1 Å². The molecule has 5 heteroatoms. The molecule has 1 amide bonds. The van der Waals surface area contributed by atoms with E-state index in [0.717, 1.165) is 31.2 Å². The van der Waals surface area contributed by atoms with Crippen LogP contribution >= 0.6 is 0 Å². The van der Waals surface area contributed by atoms with Gasteiger partial charge in [0, 0.05) is 17.9 Å². The Morgan fingerprint density at radius 1 is 1.07 bits per heavy atom. The van der Waals surface area contributed by atoms with Crippen LogP contribution in [0.4, 0.5) is 0 Å². The van der Waals surface area contributed by atoms with Gasteiger partial charge >= 0.3 is 0 Å². The Morgan fingerprint density at radius 2 is 1.77 bits per heavy atom. The van der Waals surface area contributed by atoms with Crippen LogP contribution in [0.3, 0.4) is 0 Å². The highest BCUT2D eigenvalue weighted by Gasteiger charge is 2.31. The summed E-state index contributed by atoms with van der Waals surface area (Å²) >= 11 is 0. The standard InChI is InChI=1S/C25H31N3O2/c1-17(23(29)14-10-18-7-11-21(12-8-18)24(26)27)28-25(30)22-13-9-20(16-22)15-19-5-3-2-4-6-19/h2-8,11-12,17,20,22H,9-10,13-16H2,1H3,(H3,26,27)(H,28,30)/t17-,20+,22-/m0/s1. The van der Waals surface area contributed by atoms with Crippen LogP contribution in [-0.4, -0.2) is 23.6 Å². The lowest BCUT2D eigenvalue weighted by atomic mass is 9.96. The van der Waals surface area contributed by atoms with Crippen LogP contribution < -0.4 is 11.1 Å². The summed E-state index contributed by atoms with van der Waals surface area (Å²) in [7, 11) is 0. The molecule has 0 aliphatic heterocycles. The zero-order valence-electron chi connectivity index (χ0n) is 17.6. The van der Waals surface area contributed by atoms with Crippen molar-refractivity contribution in [2.75, 3.05) is 0 Å². The average molecular weight is 406 g/mol. The number of carbonyl (C=O) groups is 2. The molecule has 0 unspecified atom stereocenters. The molecule has 4 N–H and O–H groups in total. The molecule has 1 aliphatic carbocycles. The van der Waals surface area contributed by atoms with Crippen molar-refractivity contribution in [1.29, 1.82) is 5.41 Å². The van der Waals surface area contributed by atoms with E-state index in [1.54, 1.807) is 19.1 Å². The lowest BCUT2D eigenvalue weighted by Crippen LogP contribution is -2.41. The first-order chi connectivity index (χ1) is 14.4. The number of nitrogens with one attached hydrogen (secondary N) is 2. The third kappa shape index (κ3) is 6.02. The zero-order valence-corrected chi connectivity index (χ0v) is 17.6. The minimum absolute atomic E-state index is 0.00749. The van der Waals surface area contributed by atoms with Crippen LogP contribution in [0.1, 0.15) is 49.3 Å². The predicted octanol–water partition coefficient (Wildman–Crippen LogP) is 3.64. The Balaban J connectivity index is 1.42. The monoisotopic (exact) mass is 405 g/mol. The fourth-order valence-corrected chi connectivity index (χ4v) is 4.19. The van der Waals surface area contributed by atoms with Crippen molar-refractivity contribution in [1.82, 2.24) is 5.32 Å². The van der Waals surface area contributed by atoms with Gasteiger partial charge in [-0.25, -0.2) is 0 Å². The molecule has 3 atom stereocenters. The number of rotatable bonds is 9. The normalized spacial score (nSPS) is 19.2. The molecule has 1 fully saturated rings. The highest BCUT2D eigenvalue weighted by Crippen LogP contribution is 2.33. The van der Waals surface area contributed by atoms with Crippen molar-refractivity contribution in [2.45, 2.75) is 51.5 Å².